The van der Waals surface area contributed by atoms with Gasteiger partial charge in [-0.15, -0.1) is 0 Å². The Labute approximate surface area is 171 Å². The summed E-state index contributed by atoms with van der Waals surface area (Å²) in [5.74, 6) is 1.19. The summed E-state index contributed by atoms with van der Waals surface area (Å²) in [5, 5.41) is 6.28. The molecular weight excluding hydrogens is 364 g/mol. The quantitative estimate of drug-likeness (QED) is 0.327. The summed E-state index contributed by atoms with van der Waals surface area (Å²) in [6.45, 7) is 2.78. The van der Waals surface area contributed by atoms with Gasteiger partial charge in [0.25, 0.3) is 0 Å². The molecule has 0 aromatic heterocycles. The molecule has 0 saturated carbocycles. The van der Waals surface area contributed by atoms with Gasteiger partial charge in [-0.1, -0.05) is 55.8 Å². The van der Waals surface area contributed by atoms with Gasteiger partial charge in [0.2, 0.25) is 5.91 Å². The van der Waals surface area contributed by atoms with E-state index in [9.17, 15) is 4.79 Å². The number of amides is 1. The van der Waals surface area contributed by atoms with Crippen LogP contribution in [0.5, 0.6) is 11.5 Å². The van der Waals surface area contributed by atoms with Crippen molar-refractivity contribution in [1.29, 1.82) is 0 Å². The molecule has 1 N–H and O–H groups in total. The minimum absolute atomic E-state index is 0.163. The van der Waals surface area contributed by atoms with E-state index in [1.165, 1.54) is 0 Å². The summed E-state index contributed by atoms with van der Waals surface area (Å²) in [6.07, 6.45) is 3.94. The van der Waals surface area contributed by atoms with Crippen LogP contribution >= 0.6 is 0 Å². The van der Waals surface area contributed by atoms with Crippen molar-refractivity contribution >= 4 is 22.9 Å². The molecule has 0 aliphatic carbocycles. The Morgan fingerprint density at radius 3 is 2.72 bits per heavy atom. The average Bonchev–Trinajstić information content (AvgIpc) is 2.75. The fraction of sp³-hybridized carbons (Fsp3) is 0.250. The number of benzene rings is 3. The number of nitrogens with one attached hydrogen (secondary N) is 1. The second kappa shape index (κ2) is 10.3. The van der Waals surface area contributed by atoms with Gasteiger partial charge < -0.3 is 9.47 Å². The third-order valence-corrected chi connectivity index (χ3v) is 4.58. The number of methoxy groups -OCH3 is 1. The van der Waals surface area contributed by atoms with E-state index in [1.54, 1.807) is 13.3 Å². The smallest absolute Gasteiger partial charge is 0.244 e. The number of rotatable bonds is 9. The molecular formula is C24H26N2O3. The molecule has 0 fully saturated rings. The first-order chi connectivity index (χ1) is 14.2. The Kier molecular flexibility index (Phi) is 7.22. The summed E-state index contributed by atoms with van der Waals surface area (Å²) in [6, 6.07) is 19.6. The van der Waals surface area contributed by atoms with E-state index < -0.39 is 0 Å². The number of hydrazone groups is 1. The summed E-state index contributed by atoms with van der Waals surface area (Å²) in [4.78, 5) is 12.3. The Hall–Kier alpha value is -3.34. The van der Waals surface area contributed by atoms with Crippen molar-refractivity contribution in [3.05, 3.63) is 71.8 Å². The molecule has 5 heteroatoms. The van der Waals surface area contributed by atoms with E-state index in [4.69, 9.17) is 9.47 Å². The number of hydrogen-bond acceptors (Lipinski definition) is 4. The van der Waals surface area contributed by atoms with Crippen LogP contribution in [0.15, 0.2) is 65.8 Å². The maximum Gasteiger partial charge on any atom is 0.244 e. The molecule has 3 aromatic rings. The molecule has 0 aliphatic rings. The Morgan fingerprint density at radius 2 is 1.90 bits per heavy atom. The fourth-order valence-electron chi connectivity index (χ4n) is 3.05. The van der Waals surface area contributed by atoms with Crippen molar-refractivity contribution in [2.75, 3.05) is 13.7 Å². The number of hydrogen-bond donors (Lipinski definition) is 1. The number of carbonyl (C=O) groups is 1. The topological polar surface area (TPSA) is 59.9 Å². The van der Waals surface area contributed by atoms with Crippen molar-refractivity contribution in [2.24, 2.45) is 5.10 Å². The zero-order chi connectivity index (χ0) is 20.5. The van der Waals surface area contributed by atoms with Crippen LogP contribution in [-0.4, -0.2) is 25.8 Å². The molecule has 29 heavy (non-hydrogen) atoms. The lowest BCUT2D eigenvalue weighted by molar-refractivity contribution is -0.120. The van der Waals surface area contributed by atoms with Crippen molar-refractivity contribution in [3.8, 4) is 11.5 Å². The lowest BCUT2D eigenvalue weighted by Crippen LogP contribution is -2.19. The van der Waals surface area contributed by atoms with Crippen LogP contribution in [0.3, 0.4) is 0 Å². The number of nitrogens with zero attached hydrogens (tertiary/aromatic N) is 1. The number of unbranched alkanes of at least 4 members (excludes halogenated alkanes) is 1. The van der Waals surface area contributed by atoms with Crippen LogP contribution in [0.25, 0.3) is 10.8 Å². The predicted molar refractivity (Wildman–Crippen MR) is 117 cm³/mol. The maximum atomic E-state index is 12.3. The third kappa shape index (κ3) is 5.57. The van der Waals surface area contributed by atoms with Crippen molar-refractivity contribution in [3.63, 3.8) is 0 Å². The van der Waals surface area contributed by atoms with Gasteiger partial charge >= 0.3 is 0 Å². The summed E-state index contributed by atoms with van der Waals surface area (Å²) < 4.78 is 11.1. The molecule has 0 unspecified atom stereocenters. The molecule has 5 nitrogen and oxygen atoms in total. The molecule has 0 bridgehead atoms. The first-order valence-corrected chi connectivity index (χ1v) is 9.80. The summed E-state index contributed by atoms with van der Waals surface area (Å²) in [5.41, 5.74) is 4.39. The van der Waals surface area contributed by atoms with E-state index in [2.05, 4.69) is 17.5 Å². The minimum Gasteiger partial charge on any atom is -0.493 e. The zero-order valence-electron chi connectivity index (χ0n) is 16.9. The first-order valence-electron chi connectivity index (χ1n) is 9.80. The third-order valence-electron chi connectivity index (χ3n) is 4.58. The second-order valence-corrected chi connectivity index (χ2v) is 6.72. The van der Waals surface area contributed by atoms with Gasteiger partial charge in [-0.05, 0) is 46.5 Å². The first kappa shape index (κ1) is 20.4. The Balaban J connectivity index is 1.61. The van der Waals surface area contributed by atoms with Crippen LogP contribution in [-0.2, 0) is 11.2 Å². The Morgan fingerprint density at radius 1 is 1.07 bits per heavy atom. The summed E-state index contributed by atoms with van der Waals surface area (Å²) >= 11 is 0. The zero-order valence-corrected chi connectivity index (χ0v) is 16.9. The molecule has 0 atom stereocenters. The largest absolute Gasteiger partial charge is 0.493 e. The van der Waals surface area contributed by atoms with Crippen molar-refractivity contribution < 1.29 is 14.3 Å². The fourth-order valence-corrected chi connectivity index (χ4v) is 3.05. The monoisotopic (exact) mass is 390 g/mol. The SMILES string of the molecule is CCCCOc1ccc(/C=N/NC(=O)Cc2cccc3ccccc23)cc1OC. The lowest BCUT2D eigenvalue weighted by atomic mass is 10.0. The van der Waals surface area contributed by atoms with Crippen LogP contribution in [0, 0.1) is 0 Å². The van der Waals surface area contributed by atoms with E-state index in [-0.39, 0.29) is 12.3 Å². The Bertz CT molecular complexity index is 993. The summed E-state index contributed by atoms with van der Waals surface area (Å²) in [7, 11) is 1.61. The highest BCUT2D eigenvalue weighted by Crippen LogP contribution is 2.27. The minimum atomic E-state index is -0.163. The maximum absolute atomic E-state index is 12.3. The van der Waals surface area contributed by atoms with Gasteiger partial charge in [0, 0.05) is 0 Å². The van der Waals surface area contributed by atoms with Crippen LogP contribution in [0.2, 0.25) is 0 Å². The van der Waals surface area contributed by atoms with Gasteiger partial charge in [0.15, 0.2) is 11.5 Å². The molecule has 3 aromatic carbocycles. The van der Waals surface area contributed by atoms with Crippen LogP contribution < -0.4 is 14.9 Å². The van der Waals surface area contributed by atoms with Gasteiger partial charge in [0.1, 0.15) is 0 Å². The van der Waals surface area contributed by atoms with E-state index in [0.717, 1.165) is 34.7 Å². The van der Waals surface area contributed by atoms with E-state index in [1.807, 2.05) is 60.7 Å². The molecule has 0 spiro atoms. The molecule has 3 rings (SSSR count). The van der Waals surface area contributed by atoms with E-state index in [0.29, 0.717) is 18.1 Å². The highest BCUT2D eigenvalue weighted by molar-refractivity contribution is 5.90. The molecule has 1 amide bonds. The number of fused-ring (bicyclic) bond motifs is 1. The van der Waals surface area contributed by atoms with Crippen LogP contribution in [0.1, 0.15) is 30.9 Å². The van der Waals surface area contributed by atoms with Gasteiger partial charge in [0.05, 0.1) is 26.4 Å². The van der Waals surface area contributed by atoms with Gasteiger partial charge in [-0.2, -0.15) is 5.10 Å². The molecule has 0 heterocycles. The molecule has 150 valence electrons. The lowest BCUT2D eigenvalue weighted by Gasteiger charge is -2.10. The molecule has 0 aliphatic heterocycles. The number of ether oxygens (including phenoxy) is 2. The van der Waals surface area contributed by atoms with E-state index >= 15 is 0 Å². The van der Waals surface area contributed by atoms with Gasteiger partial charge in [-0.25, -0.2) is 5.43 Å². The average molecular weight is 390 g/mol. The molecule has 0 saturated heterocycles. The second-order valence-electron chi connectivity index (χ2n) is 6.72. The highest BCUT2D eigenvalue weighted by atomic mass is 16.5. The standard InChI is InChI=1S/C24H26N2O3/c1-3-4-14-29-22-13-12-18(15-23(22)28-2)17-25-26-24(27)16-20-10-7-9-19-8-5-6-11-21(19)20/h5-13,15,17H,3-4,14,16H2,1-2H3,(H,26,27)/b25-17+. The number of carbonyl (C=O) groups excluding carboxylic acids is 1. The normalized spacial score (nSPS) is 11.0. The highest BCUT2D eigenvalue weighted by Gasteiger charge is 2.07. The van der Waals surface area contributed by atoms with Gasteiger partial charge in [-0.3, -0.25) is 4.79 Å². The predicted octanol–water partition coefficient (Wildman–Crippen LogP) is 4.72. The van der Waals surface area contributed by atoms with Crippen molar-refractivity contribution in [1.82, 2.24) is 5.43 Å². The molecule has 0 radical (unpaired) electrons. The van der Waals surface area contributed by atoms with Crippen LogP contribution in [0.4, 0.5) is 0 Å². The van der Waals surface area contributed by atoms with Crippen molar-refractivity contribution in [2.45, 2.75) is 26.2 Å².